The van der Waals surface area contributed by atoms with E-state index in [1.165, 1.54) is 23.1 Å². The Bertz CT molecular complexity index is 1010. The number of benzene rings is 1. The van der Waals surface area contributed by atoms with E-state index < -0.39 is 11.9 Å². The maximum absolute atomic E-state index is 13.6. The highest BCUT2D eigenvalue weighted by Crippen LogP contribution is 2.25. The largest absolute Gasteiger partial charge is 0.352 e. The summed E-state index contributed by atoms with van der Waals surface area (Å²) in [6.07, 6.45) is 3.48. The van der Waals surface area contributed by atoms with Gasteiger partial charge in [-0.3, -0.25) is 9.59 Å². The summed E-state index contributed by atoms with van der Waals surface area (Å²) in [4.78, 5) is 31.3. The van der Waals surface area contributed by atoms with Gasteiger partial charge in [-0.15, -0.1) is 0 Å². The summed E-state index contributed by atoms with van der Waals surface area (Å²) in [5.41, 5.74) is 2.40. The minimum Gasteiger partial charge on any atom is -0.352 e. The molecular weight excluding hydrogens is 335 g/mol. The summed E-state index contributed by atoms with van der Waals surface area (Å²) in [7, 11) is 0. The van der Waals surface area contributed by atoms with Crippen LogP contribution in [0.5, 0.6) is 0 Å². The number of pyridine rings is 1. The Morgan fingerprint density at radius 2 is 2.15 bits per heavy atom. The van der Waals surface area contributed by atoms with Crippen molar-refractivity contribution in [2.45, 2.75) is 13.0 Å². The summed E-state index contributed by atoms with van der Waals surface area (Å²) in [5, 5.41) is 2.74. The lowest BCUT2D eigenvalue weighted by molar-refractivity contribution is -0.128. The van der Waals surface area contributed by atoms with Gasteiger partial charge in [-0.2, -0.15) is 0 Å². The number of piperazine rings is 1. The first kappa shape index (κ1) is 16.3. The van der Waals surface area contributed by atoms with Crippen molar-refractivity contribution in [3.63, 3.8) is 0 Å². The molecule has 6 nitrogen and oxygen atoms in total. The number of carbonyl (C=O) groups excluding carboxylic acids is 2. The molecule has 4 rings (SSSR count). The molecule has 1 aliphatic heterocycles. The highest BCUT2D eigenvalue weighted by Gasteiger charge is 2.35. The Morgan fingerprint density at radius 3 is 2.96 bits per heavy atom. The van der Waals surface area contributed by atoms with Gasteiger partial charge in [-0.1, -0.05) is 12.1 Å². The number of hydrogen-bond acceptors (Lipinski definition) is 3. The number of nitrogens with zero attached hydrogens (tertiary/aromatic N) is 3. The minimum absolute atomic E-state index is 0.256. The Kier molecular flexibility index (Phi) is 3.91. The van der Waals surface area contributed by atoms with Crippen LogP contribution in [0.15, 0.2) is 48.8 Å². The van der Waals surface area contributed by atoms with Crippen LogP contribution >= 0.6 is 0 Å². The number of amides is 2. The third-order valence-corrected chi connectivity index (χ3v) is 4.47. The lowest BCUT2D eigenvalue weighted by Gasteiger charge is -2.34. The number of aromatic nitrogens is 2. The molecule has 3 heterocycles. The van der Waals surface area contributed by atoms with E-state index in [0.29, 0.717) is 24.3 Å². The monoisotopic (exact) mass is 352 g/mol. The molecule has 0 bridgehead atoms. The molecule has 3 aromatic rings. The second-order valence-corrected chi connectivity index (χ2v) is 6.34. The van der Waals surface area contributed by atoms with E-state index in [-0.39, 0.29) is 17.5 Å². The van der Waals surface area contributed by atoms with Crippen molar-refractivity contribution in [1.82, 2.24) is 19.6 Å². The van der Waals surface area contributed by atoms with Crippen LogP contribution in [0, 0.1) is 12.7 Å². The second-order valence-electron chi connectivity index (χ2n) is 6.34. The Labute approximate surface area is 149 Å². The van der Waals surface area contributed by atoms with Crippen LogP contribution in [-0.4, -0.2) is 39.2 Å². The fraction of sp³-hybridized carbons (Fsp3) is 0.211. The summed E-state index contributed by atoms with van der Waals surface area (Å²) in [6, 6.07) is 8.69. The van der Waals surface area contributed by atoms with Gasteiger partial charge in [0.25, 0.3) is 5.91 Å². The molecule has 1 fully saturated rings. The Morgan fingerprint density at radius 1 is 1.31 bits per heavy atom. The van der Waals surface area contributed by atoms with Crippen molar-refractivity contribution in [3.8, 4) is 0 Å². The number of fused-ring (bicyclic) bond motifs is 1. The van der Waals surface area contributed by atoms with Crippen LogP contribution in [0.2, 0.25) is 0 Å². The Balaban J connectivity index is 1.72. The highest BCUT2D eigenvalue weighted by atomic mass is 19.1. The van der Waals surface area contributed by atoms with Gasteiger partial charge in [0.05, 0.1) is 0 Å². The highest BCUT2D eigenvalue weighted by molar-refractivity contribution is 5.97. The lowest BCUT2D eigenvalue weighted by atomic mass is 10.0. The number of aryl methyl sites for hydroxylation is 1. The number of nitrogens with one attached hydrogen (secondary N) is 1. The molecule has 132 valence electrons. The maximum atomic E-state index is 13.6. The number of halogens is 1. The number of hydrogen-bond donors (Lipinski definition) is 1. The lowest BCUT2D eigenvalue weighted by Crippen LogP contribution is -2.52. The first-order valence-electron chi connectivity index (χ1n) is 8.32. The van der Waals surface area contributed by atoms with Crippen molar-refractivity contribution in [3.05, 3.63) is 71.4 Å². The molecule has 1 saturated heterocycles. The molecule has 26 heavy (non-hydrogen) atoms. The van der Waals surface area contributed by atoms with Gasteiger partial charge in [0, 0.05) is 25.5 Å². The standard InChI is InChI=1S/C19H17FN4O2/c1-12-5-7-23-11-15(22-16(23)9-12)19(26)24-8-6-21-18(25)17(24)13-3-2-4-14(20)10-13/h2-5,7,9-11,17H,6,8H2,1H3,(H,21,25)/t17-/m1/s1. The average Bonchev–Trinajstić information content (AvgIpc) is 3.04. The van der Waals surface area contributed by atoms with E-state index in [2.05, 4.69) is 10.3 Å². The van der Waals surface area contributed by atoms with Gasteiger partial charge in [-0.05, 0) is 42.3 Å². The summed E-state index contributed by atoms with van der Waals surface area (Å²) in [6.45, 7) is 2.63. The van der Waals surface area contributed by atoms with E-state index >= 15 is 0 Å². The van der Waals surface area contributed by atoms with E-state index in [9.17, 15) is 14.0 Å². The maximum Gasteiger partial charge on any atom is 0.275 e. The molecule has 0 spiro atoms. The predicted molar refractivity (Wildman–Crippen MR) is 93.1 cm³/mol. The molecule has 1 aliphatic rings. The zero-order valence-corrected chi connectivity index (χ0v) is 14.1. The molecule has 0 aliphatic carbocycles. The van der Waals surface area contributed by atoms with Crippen LogP contribution in [0.1, 0.15) is 27.7 Å². The number of imidazole rings is 1. The molecule has 2 aromatic heterocycles. The fourth-order valence-corrected chi connectivity index (χ4v) is 3.23. The van der Waals surface area contributed by atoms with Crippen LogP contribution in [0.25, 0.3) is 5.65 Å². The molecular formula is C19H17FN4O2. The number of rotatable bonds is 2. The summed E-state index contributed by atoms with van der Waals surface area (Å²) in [5.74, 6) is -1.12. The molecule has 0 radical (unpaired) electrons. The molecule has 0 unspecified atom stereocenters. The van der Waals surface area contributed by atoms with Gasteiger partial charge < -0.3 is 14.6 Å². The van der Waals surface area contributed by atoms with Crippen LogP contribution in [-0.2, 0) is 4.79 Å². The molecule has 1 N–H and O–H groups in total. The second kappa shape index (κ2) is 6.25. The number of carbonyl (C=O) groups is 2. The van der Waals surface area contributed by atoms with E-state index in [4.69, 9.17) is 0 Å². The first-order valence-corrected chi connectivity index (χ1v) is 8.32. The van der Waals surface area contributed by atoms with E-state index in [1.807, 2.05) is 25.3 Å². The van der Waals surface area contributed by atoms with Gasteiger partial charge in [0.1, 0.15) is 23.2 Å². The minimum atomic E-state index is -0.876. The van der Waals surface area contributed by atoms with Crippen LogP contribution in [0.3, 0.4) is 0 Å². The zero-order valence-electron chi connectivity index (χ0n) is 14.1. The molecule has 0 saturated carbocycles. The van der Waals surface area contributed by atoms with Crippen molar-refractivity contribution in [1.29, 1.82) is 0 Å². The zero-order chi connectivity index (χ0) is 18.3. The van der Waals surface area contributed by atoms with Crippen molar-refractivity contribution < 1.29 is 14.0 Å². The van der Waals surface area contributed by atoms with Gasteiger partial charge in [0.2, 0.25) is 5.91 Å². The molecule has 1 atom stereocenters. The summed E-state index contributed by atoms with van der Waals surface area (Å²) >= 11 is 0. The first-order chi connectivity index (χ1) is 12.5. The topological polar surface area (TPSA) is 66.7 Å². The van der Waals surface area contributed by atoms with E-state index in [1.54, 1.807) is 16.7 Å². The van der Waals surface area contributed by atoms with Gasteiger partial charge in [-0.25, -0.2) is 9.37 Å². The smallest absolute Gasteiger partial charge is 0.275 e. The molecule has 2 amide bonds. The normalized spacial score (nSPS) is 17.4. The molecule has 1 aromatic carbocycles. The fourth-order valence-electron chi connectivity index (χ4n) is 3.23. The average molecular weight is 352 g/mol. The van der Waals surface area contributed by atoms with Crippen molar-refractivity contribution in [2.75, 3.05) is 13.1 Å². The Hall–Kier alpha value is -3.22. The van der Waals surface area contributed by atoms with Crippen molar-refractivity contribution >= 4 is 17.5 Å². The van der Waals surface area contributed by atoms with Crippen molar-refractivity contribution in [2.24, 2.45) is 0 Å². The van der Waals surface area contributed by atoms with Gasteiger partial charge in [0.15, 0.2) is 0 Å². The molecule has 7 heteroatoms. The third kappa shape index (κ3) is 2.81. The van der Waals surface area contributed by atoms with Crippen LogP contribution < -0.4 is 5.32 Å². The van der Waals surface area contributed by atoms with E-state index in [0.717, 1.165) is 5.56 Å². The van der Waals surface area contributed by atoms with Gasteiger partial charge >= 0.3 is 0 Å². The summed E-state index contributed by atoms with van der Waals surface area (Å²) < 4.78 is 15.4. The van der Waals surface area contributed by atoms with Crippen LogP contribution in [0.4, 0.5) is 4.39 Å². The third-order valence-electron chi connectivity index (χ3n) is 4.47. The SMILES string of the molecule is Cc1ccn2cc(C(=O)N3CCNC(=O)[C@H]3c3cccc(F)c3)nc2c1. The predicted octanol–water partition coefficient (Wildman–Crippen LogP) is 2.10. The quantitative estimate of drug-likeness (QED) is 0.768.